The van der Waals surface area contributed by atoms with Crippen molar-refractivity contribution in [2.45, 2.75) is 42.8 Å². The van der Waals surface area contributed by atoms with Crippen LogP contribution in [0.3, 0.4) is 0 Å². The Kier molecular flexibility index (Phi) is 3.61. The molecular weight excluding hydrogens is 271 g/mol. The van der Waals surface area contributed by atoms with Gasteiger partial charge < -0.3 is 9.47 Å². The van der Waals surface area contributed by atoms with Gasteiger partial charge in [-0.25, -0.2) is 4.79 Å². The zero-order valence-corrected chi connectivity index (χ0v) is 9.41. The number of cyclic esters (lactones) is 2. The lowest BCUT2D eigenvalue weighted by molar-refractivity contribution is -0.0582. The van der Waals surface area contributed by atoms with E-state index in [4.69, 9.17) is 9.47 Å². The van der Waals surface area contributed by atoms with Crippen LogP contribution >= 0.6 is 22.6 Å². The molecule has 0 aromatic carbocycles. The van der Waals surface area contributed by atoms with Crippen molar-refractivity contribution in [2.75, 3.05) is 0 Å². The van der Waals surface area contributed by atoms with Crippen LogP contribution in [0.25, 0.3) is 0 Å². The molecule has 0 amide bonds. The first-order valence-corrected chi connectivity index (χ1v) is 5.39. The molecule has 1 fully saturated rings. The largest absolute Gasteiger partial charge is 0.508 e. The molecule has 1 heterocycles. The van der Waals surface area contributed by atoms with Gasteiger partial charge in [0, 0.05) is 10.3 Å². The molecule has 0 spiro atoms. The van der Waals surface area contributed by atoms with E-state index < -0.39 is 6.16 Å². The first kappa shape index (κ1) is 10.1. The number of ether oxygens (including phenoxy) is 2. The van der Waals surface area contributed by atoms with Crippen LogP contribution in [-0.4, -0.2) is 22.3 Å². The minimum atomic E-state index is -0.512. The average molecular weight is 284 g/mol. The van der Waals surface area contributed by atoms with Crippen LogP contribution in [0.2, 0.25) is 0 Å². The van der Waals surface area contributed by atoms with Crippen LogP contribution in [0.15, 0.2) is 0 Å². The van der Waals surface area contributed by atoms with Gasteiger partial charge in [0.05, 0.1) is 0 Å². The molecule has 0 radical (unpaired) electrons. The lowest BCUT2D eigenvalue weighted by Gasteiger charge is -2.29. The smallest absolute Gasteiger partial charge is 0.431 e. The van der Waals surface area contributed by atoms with E-state index in [2.05, 4.69) is 22.6 Å². The van der Waals surface area contributed by atoms with E-state index in [0.717, 1.165) is 12.8 Å². The standard InChI is InChI=1S/C8H13IO3/c1-3-6-4-7(5(2)9)12-8(10)11-6/h5-7H,3-4H2,1-2H3/t5-,6-,7+/m0/s1. The van der Waals surface area contributed by atoms with Crippen LogP contribution in [-0.2, 0) is 9.47 Å². The van der Waals surface area contributed by atoms with Crippen LogP contribution in [0.4, 0.5) is 4.79 Å². The van der Waals surface area contributed by atoms with Crippen LogP contribution < -0.4 is 0 Å². The van der Waals surface area contributed by atoms with E-state index in [-0.39, 0.29) is 12.2 Å². The highest BCUT2D eigenvalue weighted by atomic mass is 127. The summed E-state index contributed by atoms with van der Waals surface area (Å²) in [6.07, 6.45) is 1.26. The molecule has 1 aliphatic rings. The highest BCUT2D eigenvalue weighted by Crippen LogP contribution is 2.23. The SMILES string of the molecule is CC[C@H]1C[C@H]([C@H](C)I)OC(=O)O1. The fourth-order valence-electron chi connectivity index (χ4n) is 1.17. The van der Waals surface area contributed by atoms with Gasteiger partial charge in [-0.3, -0.25) is 0 Å². The van der Waals surface area contributed by atoms with Gasteiger partial charge >= 0.3 is 6.16 Å². The van der Waals surface area contributed by atoms with Gasteiger partial charge in [0.15, 0.2) is 0 Å². The Labute approximate surface area is 85.9 Å². The number of carbonyl (C=O) groups excluding carboxylic acids is 1. The van der Waals surface area contributed by atoms with Crippen molar-refractivity contribution in [3.8, 4) is 0 Å². The van der Waals surface area contributed by atoms with E-state index >= 15 is 0 Å². The lowest BCUT2D eigenvalue weighted by atomic mass is 10.1. The second kappa shape index (κ2) is 4.30. The van der Waals surface area contributed by atoms with Gasteiger partial charge in [-0.1, -0.05) is 29.5 Å². The van der Waals surface area contributed by atoms with Gasteiger partial charge in [0.25, 0.3) is 0 Å². The van der Waals surface area contributed by atoms with Crippen molar-refractivity contribution in [1.82, 2.24) is 0 Å². The van der Waals surface area contributed by atoms with Crippen molar-refractivity contribution in [3.63, 3.8) is 0 Å². The predicted octanol–water partition coefficient (Wildman–Crippen LogP) is 2.51. The van der Waals surface area contributed by atoms with Crippen molar-refractivity contribution >= 4 is 28.7 Å². The van der Waals surface area contributed by atoms with Crippen molar-refractivity contribution < 1.29 is 14.3 Å². The molecule has 3 atom stereocenters. The highest BCUT2D eigenvalue weighted by molar-refractivity contribution is 14.1. The molecule has 1 aliphatic heterocycles. The summed E-state index contributed by atoms with van der Waals surface area (Å²) in [4.78, 5) is 10.9. The highest BCUT2D eigenvalue weighted by Gasteiger charge is 2.31. The third-order valence-corrected chi connectivity index (χ3v) is 2.78. The summed E-state index contributed by atoms with van der Waals surface area (Å²) in [7, 11) is 0. The Bertz CT molecular complexity index is 170. The summed E-state index contributed by atoms with van der Waals surface area (Å²) in [6.45, 7) is 4.05. The molecular formula is C8H13IO3. The molecule has 12 heavy (non-hydrogen) atoms. The quantitative estimate of drug-likeness (QED) is 0.444. The second-order valence-corrected chi connectivity index (χ2v) is 4.93. The number of rotatable bonds is 2. The number of hydrogen-bond donors (Lipinski definition) is 0. The van der Waals surface area contributed by atoms with Crippen molar-refractivity contribution in [2.24, 2.45) is 0 Å². The molecule has 0 N–H and O–H groups in total. The third kappa shape index (κ3) is 2.50. The summed E-state index contributed by atoms with van der Waals surface area (Å²) in [6, 6.07) is 0. The van der Waals surface area contributed by atoms with Gasteiger partial charge in [-0.15, -0.1) is 0 Å². The molecule has 3 nitrogen and oxygen atoms in total. The van der Waals surface area contributed by atoms with Gasteiger partial charge in [-0.2, -0.15) is 0 Å². The van der Waals surface area contributed by atoms with Crippen LogP contribution in [0, 0.1) is 0 Å². The Hall–Kier alpha value is 0. The number of carbonyl (C=O) groups is 1. The summed E-state index contributed by atoms with van der Waals surface area (Å²) in [5, 5.41) is 0. The molecule has 1 saturated heterocycles. The van der Waals surface area contributed by atoms with Gasteiger partial charge in [0.1, 0.15) is 12.2 Å². The Morgan fingerprint density at radius 1 is 1.67 bits per heavy atom. The molecule has 0 aromatic rings. The van der Waals surface area contributed by atoms with Crippen molar-refractivity contribution in [3.05, 3.63) is 0 Å². The molecule has 0 aromatic heterocycles. The topological polar surface area (TPSA) is 35.5 Å². The number of halogens is 1. The fraction of sp³-hybridized carbons (Fsp3) is 0.875. The first-order chi connectivity index (χ1) is 5.63. The van der Waals surface area contributed by atoms with E-state index in [0.29, 0.717) is 3.92 Å². The molecule has 4 heteroatoms. The summed E-state index contributed by atoms with van der Waals surface area (Å²) >= 11 is 2.27. The molecule has 70 valence electrons. The Morgan fingerprint density at radius 2 is 2.33 bits per heavy atom. The van der Waals surface area contributed by atoms with E-state index in [1.165, 1.54) is 0 Å². The third-order valence-electron chi connectivity index (χ3n) is 1.97. The summed E-state index contributed by atoms with van der Waals surface area (Å²) in [5.41, 5.74) is 0. The molecule has 0 bridgehead atoms. The van der Waals surface area contributed by atoms with Gasteiger partial charge in [0.2, 0.25) is 0 Å². The molecule has 1 rings (SSSR count). The van der Waals surface area contributed by atoms with Crippen molar-refractivity contribution in [1.29, 1.82) is 0 Å². The number of alkyl halides is 1. The zero-order valence-electron chi connectivity index (χ0n) is 7.25. The number of hydrogen-bond acceptors (Lipinski definition) is 3. The maximum absolute atomic E-state index is 10.9. The van der Waals surface area contributed by atoms with E-state index in [1.54, 1.807) is 0 Å². The maximum Gasteiger partial charge on any atom is 0.508 e. The van der Waals surface area contributed by atoms with E-state index in [9.17, 15) is 4.79 Å². The van der Waals surface area contributed by atoms with Crippen LogP contribution in [0.1, 0.15) is 26.7 Å². The molecule has 0 saturated carbocycles. The fourth-order valence-corrected chi connectivity index (χ4v) is 1.61. The zero-order chi connectivity index (χ0) is 9.14. The maximum atomic E-state index is 10.9. The second-order valence-electron chi connectivity index (χ2n) is 2.97. The Balaban J connectivity index is 2.51. The summed E-state index contributed by atoms with van der Waals surface area (Å²) in [5.74, 6) is 0. The normalized spacial score (nSPS) is 32.1. The predicted molar refractivity (Wildman–Crippen MR) is 53.5 cm³/mol. The van der Waals surface area contributed by atoms with Gasteiger partial charge in [-0.05, 0) is 13.3 Å². The average Bonchev–Trinajstić information content (AvgIpc) is 2.03. The minimum Gasteiger partial charge on any atom is -0.431 e. The molecule has 0 unspecified atom stereocenters. The monoisotopic (exact) mass is 284 g/mol. The van der Waals surface area contributed by atoms with E-state index in [1.807, 2.05) is 13.8 Å². The molecule has 0 aliphatic carbocycles. The van der Waals surface area contributed by atoms with Crippen LogP contribution in [0.5, 0.6) is 0 Å². The first-order valence-electron chi connectivity index (χ1n) is 4.14. The summed E-state index contributed by atoms with van der Waals surface area (Å²) < 4.78 is 10.3. The lowest BCUT2D eigenvalue weighted by Crippen LogP contribution is -2.37. The minimum absolute atomic E-state index is 0.0248. The Morgan fingerprint density at radius 3 is 2.83 bits per heavy atom.